The van der Waals surface area contributed by atoms with Crippen LogP contribution in [0.1, 0.15) is 47.2 Å². The van der Waals surface area contributed by atoms with E-state index in [1.54, 1.807) is 48.5 Å². The highest BCUT2D eigenvalue weighted by Gasteiger charge is 2.58. The molecule has 4 rings (SSSR count). The number of benzene rings is 3. The molecule has 7 nitrogen and oxygen atoms in total. The molecule has 2 N–H and O–H groups in total. The predicted octanol–water partition coefficient (Wildman–Crippen LogP) is 5.10. The highest BCUT2D eigenvalue weighted by molar-refractivity contribution is 6.27. The molecule has 0 aliphatic heterocycles. The van der Waals surface area contributed by atoms with Gasteiger partial charge in [0.2, 0.25) is 5.41 Å². The minimum Gasteiger partial charge on any atom is -0.480 e. The zero-order valence-corrected chi connectivity index (χ0v) is 18.7. The minimum absolute atomic E-state index is 0.103. The number of rotatable bonds is 7. The molecule has 0 fully saturated rings. The van der Waals surface area contributed by atoms with Gasteiger partial charge in [-0.2, -0.15) is 0 Å². The van der Waals surface area contributed by atoms with E-state index in [1.165, 1.54) is 18.2 Å². The van der Waals surface area contributed by atoms with Gasteiger partial charge in [-0.25, -0.2) is 0 Å². The molecule has 7 heteroatoms. The lowest BCUT2D eigenvalue weighted by Crippen LogP contribution is -2.43. The molecule has 1 aliphatic carbocycles. The Bertz CT molecular complexity index is 1340. The number of hydrogen-bond donors (Lipinski definition) is 2. The Morgan fingerprint density at radius 1 is 0.882 bits per heavy atom. The fourth-order valence-corrected chi connectivity index (χ4v) is 5.04. The van der Waals surface area contributed by atoms with E-state index in [9.17, 15) is 29.9 Å². The monoisotopic (exact) mass is 457 g/mol. The largest absolute Gasteiger partial charge is 0.480 e. The van der Waals surface area contributed by atoms with Gasteiger partial charge in [0, 0.05) is 17.7 Å². The Balaban J connectivity index is 2.28. The van der Waals surface area contributed by atoms with E-state index in [0.29, 0.717) is 35.1 Å². The summed E-state index contributed by atoms with van der Waals surface area (Å²) < 4.78 is 0. The van der Waals surface area contributed by atoms with Crippen molar-refractivity contribution in [1.29, 1.82) is 0 Å². The second-order valence-electron chi connectivity index (χ2n) is 8.12. The van der Waals surface area contributed by atoms with E-state index in [-0.39, 0.29) is 16.8 Å². The Morgan fingerprint density at radius 3 is 2.09 bits per heavy atom. The summed E-state index contributed by atoms with van der Waals surface area (Å²) in [5.74, 6) is -3.02. The summed E-state index contributed by atoms with van der Waals surface area (Å²) in [5.41, 5.74) is 1.34. The maximum atomic E-state index is 12.9. The second-order valence-corrected chi connectivity index (χ2v) is 8.12. The number of hydrogen-bond acceptors (Lipinski definition) is 4. The lowest BCUT2D eigenvalue weighted by atomic mass is 9.74. The summed E-state index contributed by atoms with van der Waals surface area (Å²) in [7, 11) is 0. The summed E-state index contributed by atoms with van der Waals surface area (Å²) in [6.07, 6.45) is 1.22. The Hall–Kier alpha value is -4.26. The van der Waals surface area contributed by atoms with Crippen molar-refractivity contribution >= 4 is 28.8 Å². The standard InChI is InChI=1S/C27H23NO6/c1-3-16-13-14-21-23(20(16)4-2)22(18-11-8-12-19(15-18)28(33)34)24(17-9-6-5-7-10-17)27(21,25(29)30)26(31)32/h5-15H,3-4H2,1-2H3,(H,29,30)(H,31,32). The van der Waals surface area contributed by atoms with Crippen molar-refractivity contribution < 1.29 is 24.7 Å². The average Bonchev–Trinajstić information content (AvgIpc) is 3.16. The summed E-state index contributed by atoms with van der Waals surface area (Å²) in [6, 6.07) is 17.8. The van der Waals surface area contributed by atoms with Gasteiger partial charge < -0.3 is 10.2 Å². The molecule has 0 atom stereocenters. The first kappa shape index (κ1) is 22.9. The van der Waals surface area contributed by atoms with Crippen molar-refractivity contribution in [2.24, 2.45) is 0 Å². The van der Waals surface area contributed by atoms with Gasteiger partial charge in [-0.3, -0.25) is 19.7 Å². The van der Waals surface area contributed by atoms with Gasteiger partial charge in [-0.1, -0.05) is 68.4 Å². The van der Waals surface area contributed by atoms with E-state index < -0.39 is 22.3 Å². The first-order valence-electron chi connectivity index (χ1n) is 11.0. The van der Waals surface area contributed by atoms with Gasteiger partial charge in [-0.05, 0) is 51.8 Å². The molecule has 34 heavy (non-hydrogen) atoms. The molecular weight excluding hydrogens is 434 g/mol. The molecule has 0 unspecified atom stereocenters. The number of aryl methyl sites for hydroxylation is 1. The fraction of sp³-hybridized carbons (Fsp3) is 0.185. The minimum atomic E-state index is -2.37. The van der Waals surface area contributed by atoms with Crippen LogP contribution in [-0.2, 0) is 27.8 Å². The van der Waals surface area contributed by atoms with Crippen LogP contribution in [0.25, 0.3) is 11.1 Å². The van der Waals surface area contributed by atoms with Crippen LogP contribution >= 0.6 is 0 Å². The van der Waals surface area contributed by atoms with E-state index in [2.05, 4.69) is 0 Å². The Kier molecular flexibility index (Phi) is 5.79. The predicted molar refractivity (Wildman–Crippen MR) is 128 cm³/mol. The normalized spacial score (nSPS) is 14.1. The summed E-state index contributed by atoms with van der Waals surface area (Å²) in [4.78, 5) is 36.8. The van der Waals surface area contributed by atoms with Gasteiger partial charge in [0.25, 0.3) is 5.69 Å². The van der Waals surface area contributed by atoms with Crippen LogP contribution in [0.3, 0.4) is 0 Å². The maximum Gasteiger partial charge on any atom is 0.330 e. The van der Waals surface area contributed by atoms with E-state index in [0.717, 1.165) is 11.1 Å². The van der Waals surface area contributed by atoms with Crippen LogP contribution in [0, 0.1) is 10.1 Å². The molecule has 0 spiro atoms. The van der Waals surface area contributed by atoms with Gasteiger partial charge in [-0.15, -0.1) is 0 Å². The molecule has 0 radical (unpaired) electrons. The summed E-state index contributed by atoms with van der Waals surface area (Å²) >= 11 is 0. The number of nitro benzene ring substituents is 1. The first-order valence-corrected chi connectivity index (χ1v) is 11.0. The first-order chi connectivity index (χ1) is 16.3. The molecule has 0 aromatic heterocycles. The van der Waals surface area contributed by atoms with Crippen molar-refractivity contribution in [2.45, 2.75) is 32.1 Å². The quantitative estimate of drug-likeness (QED) is 0.290. The summed E-state index contributed by atoms with van der Waals surface area (Å²) in [6.45, 7) is 3.91. The van der Waals surface area contributed by atoms with Gasteiger partial charge in [0.1, 0.15) is 0 Å². The number of nitro groups is 1. The molecule has 0 amide bonds. The van der Waals surface area contributed by atoms with Crippen molar-refractivity contribution in [2.75, 3.05) is 0 Å². The zero-order valence-electron chi connectivity index (χ0n) is 18.7. The van der Waals surface area contributed by atoms with Gasteiger partial charge in [0.05, 0.1) is 4.92 Å². The second kappa shape index (κ2) is 8.59. The fourth-order valence-electron chi connectivity index (χ4n) is 5.04. The van der Waals surface area contributed by atoms with E-state index >= 15 is 0 Å². The lowest BCUT2D eigenvalue weighted by Gasteiger charge is -2.26. The third kappa shape index (κ3) is 3.20. The lowest BCUT2D eigenvalue weighted by molar-refractivity contribution is -0.384. The van der Waals surface area contributed by atoms with Crippen molar-refractivity contribution in [1.82, 2.24) is 0 Å². The smallest absolute Gasteiger partial charge is 0.330 e. The third-order valence-corrected chi connectivity index (χ3v) is 6.47. The van der Waals surface area contributed by atoms with Crippen LogP contribution in [0.15, 0.2) is 66.7 Å². The number of carboxylic acids is 2. The summed E-state index contributed by atoms with van der Waals surface area (Å²) in [5, 5.41) is 32.5. The van der Waals surface area contributed by atoms with Crippen molar-refractivity contribution in [3.8, 4) is 0 Å². The number of non-ortho nitro benzene ring substituents is 1. The van der Waals surface area contributed by atoms with Gasteiger partial charge >= 0.3 is 11.9 Å². The van der Waals surface area contributed by atoms with Crippen LogP contribution in [0.4, 0.5) is 5.69 Å². The third-order valence-electron chi connectivity index (χ3n) is 6.47. The Labute approximate surface area is 196 Å². The number of carbonyl (C=O) groups is 2. The highest BCUT2D eigenvalue weighted by atomic mass is 16.6. The van der Waals surface area contributed by atoms with Crippen molar-refractivity contribution in [3.63, 3.8) is 0 Å². The van der Waals surface area contributed by atoms with Gasteiger partial charge in [0.15, 0.2) is 0 Å². The average molecular weight is 457 g/mol. The molecule has 0 saturated carbocycles. The Morgan fingerprint density at radius 2 is 1.53 bits per heavy atom. The van der Waals surface area contributed by atoms with E-state index in [1.807, 2.05) is 13.8 Å². The highest BCUT2D eigenvalue weighted by Crippen LogP contribution is 2.55. The maximum absolute atomic E-state index is 12.9. The van der Waals surface area contributed by atoms with Crippen molar-refractivity contribution in [3.05, 3.63) is 110 Å². The SMILES string of the molecule is CCc1ccc2c(c1CC)C(c1cccc([N+](=O)[O-])c1)=C(c1ccccc1)C2(C(=O)O)C(=O)O. The van der Waals surface area contributed by atoms with Crippen LogP contribution in [0.5, 0.6) is 0 Å². The number of fused-ring (bicyclic) bond motifs is 1. The van der Waals surface area contributed by atoms with Crippen LogP contribution < -0.4 is 0 Å². The number of nitrogens with zero attached hydrogens (tertiary/aromatic N) is 1. The van der Waals surface area contributed by atoms with E-state index in [4.69, 9.17) is 0 Å². The molecule has 0 bridgehead atoms. The molecule has 0 saturated heterocycles. The molecule has 3 aromatic carbocycles. The zero-order chi connectivity index (χ0) is 24.6. The topological polar surface area (TPSA) is 118 Å². The van der Waals surface area contributed by atoms with Crippen LogP contribution in [-0.4, -0.2) is 27.1 Å². The molecule has 0 heterocycles. The molecule has 3 aromatic rings. The number of aliphatic carboxylic acids is 2. The molecular formula is C27H23NO6. The number of carboxylic acid groups (broad SMARTS) is 2. The van der Waals surface area contributed by atoms with Crippen LogP contribution in [0.2, 0.25) is 0 Å². The molecule has 172 valence electrons. The molecule has 1 aliphatic rings.